The number of benzene rings is 1. The van der Waals surface area contributed by atoms with E-state index in [1.807, 2.05) is 12.1 Å². The molecule has 0 unspecified atom stereocenters. The van der Waals surface area contributed by atoms with E-state index in [1.165, 1.54) is 30.8 Å². The largest absolute Gasteiger partial charge is 0.491 e. The molecular weight excluding hydrogens is 246 g/mol. The van der Waals surface area contributed by atoms with Gasteiger partial charge in [-0.1, -0.05) is 0 Å². The lowest BCUT2D eigenvalue weighted by Crippen LogP contribution is -3.11. The van der Waals surface area contributed by atoms with E-state index in [2.05, 4.69) is 0 Å². The van der Waals surface area contributed by atoms with Gasteiger partial charge in [0.2, 0.25) is 6.79 Å². The summed E-state index contributed by atoms with van der Waals surface area (Å²) in [5.74, 6) is 2.16. The highest BCUT2D eigenvalue weighted by Crippen LogP contribution is 2.35. The van der Waals surface area contributed by atoms with Crippen molar-refractivity contribution in [2.45, 2.75) is 18.9 Å². The second kappa shape index (κ2) is 5.67. The van der Waals surface area contributed by atoms with Crippen molar-refractivity contribution in [1.82, 2.24) is 0 Å². The molecule has 0 spiro atoms. The van der Waals surface area contributed by atoms with Crippen molar-refractivity contribution in [3.05, 3.63) is 18.2 Å². The van der Waals surface area contributed by atoms with Gasteiger partial charge in [0.1, 0.15) is 25.0 Å². The van der Waals surface area contributed by atoms with Crippen LogP contribution in [-0.4, -0.2) is 44.2 Å². The standard InChI is InChI=1S/C14H19NO4/c16-11(8-15-5-1-2-6-15)9-17-12-3-4-13-14(7-12)19-10-18-13/h3-4,7,11,16H,1-2,5-6,8-10H2/p+1/t11-/m1/s1. The Labute approximate surface area is 112 Å². The van der Waals surface area contributed by atoms with E-state index in [-0.39, 0.29) is 6.79 Å². The molecule has 2 aliphatic rings. The average molecular weight is 266 g/mol. The molecular formula is C14H20NO4+. The van der Waals surface area contributed by atoms with Gasteiger partial charge in [-0.25, -0.2) is 0 Å². The number of likely N-dealkylation sites (tertiary alicyclic amines) is 1. The maximum absolute atomic E-state index is 9.96. The van der Waals surface area contributed by atoms with Crippen LogP contribution in [0.1, 0.15) is 12.8 Å². The SMILES string of the molecule is O[C@@H](COc1ccc2c(c1)OCO2)C[NH+]1CCCC1. The zero-order valence-corrected chi connectivity index (χ0v) is 10.9. The van der Waals surface area contributed by atoms with Crippen molar-refractivity contribution in [3.63, 3.8) is 0 Å². The summed E-state index contributed by atoms with van der Waals surface area (Å²) in [6.07, 6.45) is 2.12. The monoisotopic (exact) mass is 266 g/mol. The maximum atomic E-state index is 9.96. The Balaban J connectivity index is 1.48. The molecule has 2 heterocycles. The second-order valence-electron chi connectivity index (χ2n) is 5.14. The smallest absolute Gasteiger partial charge is 0.231 e. The molecule has 5 nitrogen and oxygen atoms in total. The van der Waals surface area contributed by atoms with Crippen molar-refractivity contribution in [1.29, 1.82) is 0 Å². The van der Waals surface area contributed by atoms with Gasteiger partial charge in [-0.3, -0.25) is 0 Å². The average Bonchev–Trinajstić information content (AvgIpc) is 3.06. The molecule has 1 fully saturated rings. The van der Waals surface area contributed by atoms with Crippen molar-refractivity contribution < 1.29 is 24.2 Å². The van der Waals surface area contributed by atoms with E-state index in [4.69, 9.17) is 14.2 Å². The van der Waals surface area contributed by atoms with E-state index >= 15 is 0 Å². The van der Waals surface area contributed by atoms with Crippen molar-refractivity contribution >= 4 is 0 Å². The van der Waals surface area contributed by atoms with Gasteiger partial charge in [0, 0.05) is 18.9 Å². The zero-order chi connectivity index (χ0) is 13.1. The molecule has 3 rings (SSSR count). The molecule has 19 heavy (non-hydrogen) atoms. The fraction of sp³-hybridized carbons (Fsp3) is 0.571. The summed E-state index contributed by atoms with van der Waals surface area (Å²) in [6.45, 7) is 3.69. The molecule has 0 bridgehead atoms. The predicted molar refractivity (Wildman–Crippen MR) is 68.9 cm³/mol. The molecule has 1 aromatic carbocycles. The third-order valence-corrected chi connectivity index (χ3v) is 3.62. The highest BCUT2D eigenvalue weighted by Gasteiger charge is 2.20. The number of ether oxygens (including phenoxy) is 3. The summed E-state index contributed by atoms with van der Waals surface area (Å²) >= 11 is 0. The molecule has 0 aromatic heterocycles. The van der Waals surface area contributed by atoms with Crippen molar-refractivity contribution in [2.75, 3.05) is 33.0 Å². The van der Waals surface area contributed by atoms with E-state index in [9.17, 15) is 5.11 Å². The quantitative estimate of drug-likeness (QED) is 0.777. The lowest BCUT2D eigenvalue weighted by Gasteiger charge is -2.17. The third kappa shape index (κ3) is 3.11. The van der Waals surface area contributed by atoms with Crippen LogP contribution in [0.4, 0.5) is 0 Å². The zero-order valence-electron chi connectivity index (χ0n) is 10.9. The first-order valence-corrected chi connectivity index (χ1v) is 6.85. The molecule has 0 aliphatic carbocycles. The number of hydrogen-bond acceptors (Lipinski definition) is 4. The van der Waals surface area contributed by atoms with Crippen LogP contribution in [0.25, 0.3) is 0 Å². The van der Waals surface area contributed by atoms with Crippen LogP contribution >= 0.6 is 0 Å². The van der Waals surface area contributed by atoms with Crippen LogP contribution in [0, 0.1) is 0 Å². The number of nitrogens with one attached hydrogen (secondary N) is 1. The first-order valence-electron chi connectivity index (χ1n) is 6.85. The molecule has 104 valence electrons. The minimum absolute atomic E-state index is 0.264. The summed E-state index contributed by atoms with van der Waals surface area (Å²) < 4.78 is 16.1. The predicted octanol–water partition coefficient (Wildman–Crippen LogP) is -0.166. The molecule has 2 aliphatic heterocycles. The van der Waals surface area contributed by atoms with Gasteiger partial charge in [0.05, 0.1) is 13.1 Å². The van der Waals surface area contributed by atoms with Crippen LogP contribution in [-0.2, 0) is 0 Å². The Bertz CT molecular complexity index is 431. The number of aliphatic hydroxyl groups excluding tert-OH is 1. The van der Waals surface area contributed by atoms with Gasteiger partial charge in [0.15, 0.2) is 11.5 Å². The molecule has 1 aromatic rings. The number of rotatable bonds is 5. The van der Waals surface area contributed by atoms with E-state index in [1.54, 1.807) is 6.07 Å². The fourth-order valence-electron chi connectivity index (χ4n) is 2.63. The van der Waals surface area contributed by atoms with E-state index in [0.29, 0.717) is 18.1 Å². The Morgan fingerprint density at radius 3 is 2.84 bits per heavy atom. The molecule has 5 heteroatoms. The van der Waals surface area contributed by atoms with Crippen LogP contribution in [0.3, 0.4) is 0 Å². The summed E-state index contributed by atoms with van der Waals surface area (Å²) in [5.41, 5.74) is 0. The summed E-state index contributed by atoms with van der Waals surface area (Å²) in [6, 6.07) is 5.47. The number of hydrogen-bond donors (Lipinski definition) is 2. The van der Waals surface area contributed by atoms with Gasteiger partial charge in [-0.2, -0.15) is 0 Å². The Hall–Kier alpha value is -1.46. The van der Waals surface area contributed by atoms with Gasteiger partial charge >= 0.3 is 0 Å². The van der Waals surface area contributed by atoms with Crippen LogP contribution in [0.2, 0.25) is 0 Å². The summed E-state index contributed by atoms with van der Waals surface area (Å²) in [4.78, 5) is 1.47. The lowest BCUT2D eigenvalue weighted by atomic mass is 10.3. The first kappa shape index (κ1) is 12.6. The van der Waals surface area contributed by atoms with Crippen LogP contribution in [0.5, 0.6) is 17.2 Å². The van der Waals surface area contributed by atoms with Crippen LogP contribution < -0.4 is 19.1 Å². The van der Waals surface area contributed by atoms with Crippen LogP contribution in [0.15, 0.2) is 18.2 Å². The Morgan fingerprint density at radius 2 is 2.00 bits per heavy atom. The van der Waals surface area contributed by atoms with E-state index in [0.717, 1.165) is 12.3 Å². The summed E-state index contributed by atoms with van der Waals surface area (Å²) in [7, 11) is 0. The molecule has 0 amide bonds. The molecule has 1 atom stereocenters. The second-order valence-corrected chi connectivity index (χ2v) is 5.14. The Kier molecular flexibility index (Phi) is 3.75. The first-order chi connectivity index (χ1) is 9.31. The number of fused-ring (bicyclic) bond motifs is 1. The lowest BCUT2D eigenvalue weighted by molar-refractivity contribution is -0.890. The van der Waals surface area contributed by atoms with E-state index < -0.39 is 6.10 Å². The highest BCUT2D eigenvalue weighted by atomic mass is 16.7. The topological polar surface area (TPSA) is 52.4 Å². The van der Waals surface area contributed by atoms with Gasteiger partial charge in [-0.05, 0) is 12.1 Å². The third-order valence-electron chi connectivity index (χ3n) is 3.62. The van der Waals surface area contributed by atoms with Gasteiger partial charge in [0.25, 0.3) is 0 Å². The maximum Gasteiger partial charge on any atom is 0.231 e. The molecule has 2 N–H and O–H groups in total. The molecule has 0 saturated carbocycles. The van der Waals surface area contributed by atoms with Gasteiger partial charge in [-0.15, -0.1) is 0 Å². The van der Waals surface area contributed by atoms with Gasteiger partial charge < -0.3 is 24.2 Å². The molecule has 1 saturated heterocycles. The highest BCUT2D eigenvalue weighted by molar-refractivity contribution is 5.46. The fourth-order valence-corrected chi connectivity index (χ4v) is 2.63. The minimum Gasteiger partial charge on any atom is -0.491 e. The molecule has 0 radical (unpaired) electrons. The van der Waals surface area contributed by atoms with Crippen molar-refractivity contribution in [2.24, 2.45) is 0 Å². The normalized spacial score (nSPS) is 19.6. The number of aliphatic hydroxyl groups is 1. The minimum atomic E-state index is -0.418. The number of quaternary nitrogens is 1. The Morgan fingerprint density at radius 1 is 1.21 bits per heavy atom. The summed E-state index contributed by atoms with van der Waals surface area (Å²) in [5, 5.41) is 9.96. The van der Waals surface area contributed by atoms with Crippen molar-refractivity contribution in [3.8, 4) is 17.2 Å².